The first-order chi connectivity index (χ1) is 9.52. The van der Waals surface area contributed by atoms with Gasteiger partial charge in [0.1, 0.15) is 11.9 Å². The van der Waals surface area contributed by atoms with Crippen molar-refractivity contribution < 1.29 is 14.0 Å². The van der Waals surface area contributed by atoms with E-state index in [0.29, 0.717) is 16.5 Å². The number of halogens is 2. The van der Waals surface area contributed by atoms with Gasteiger partial charge in [0, 0.05) is 6.54 Å². The van der Waals surface area contributed by atoms with E-state index in [2.05, 4.69) is 21.2 Å². The molecule has 1 aromatic rings. The van der Waals surface area contributed by atoms with E-state index in [0.717, 1.165) is 6.42 Å². The Labute approximate surface area is 125 Å². The van der Waals surface area contributed by atoms with Gasteiger partial charge >= 0.3 is 0 Å². The minimum Gasteiger partial charge on any atom is -0.343 e. The number of hydrogen-bond donors (Lipinski definition) is 1. The maximum atomic E-state index is 13.5. The summed E-state index contributed by atoms with van der Waals surface area (Å²) in [4.78, 5) is 25.4. The molecule has 0 saturated carbocycles. The van der Waals surface area contributed by atoms with Crippen molar-refractivity contribution in [3.63, 3.8) is 0 Å². The number of piperazine rings is 1. The van der Waals surface area contributed by atoms with Crippen LogP contribution in [0.2, 0.25) is 0 Å². The van der Waals surface area contributed by atoms with Crippen LogP contribution >= 0.6 is 15.9 Å². The van der Waals surface area contributed by atoms with E-state index in [1.54, 1.807) is 12.1 Å². The molecular weight excluding hydrogens is 327 g/mol. The van der Waals surface area contributed by atoms with Crippen molar-refractivity contribution in [2.75, 3.05) is 6.54 Å². The number of hydrogen-bond acceptors (Lipinski definition) is 2. The highest BCUT2D eigenvalue weighted by Gasteiger charge is 2.32. The summed E-state index contributed by atoms with van der Waals surface area (Å²) >= 11 is 3.17. The quantitative estimate of drug-likeness (QED) is 0.911. The van der Waals surface area contributed by atoms with E-state index in [9.17, 15) is 14.0 Å². The molecule has 1 saturated heterocycles. The van der Waals surface area contributed by atoms with Gasteiger partial charge in [-0.2, -0.15) is 0 Å². The van der Waals surface area contributed by atoms with Crippen molar-refractivity contribution in [2.45, 2.75) is 32.4 Å². The summed E-state index contributed by atoms with van der Waals surface area (Å²) in [6.45, 7) is 2.20. The summed E-state index contributed by atoms with van der Waals surface area (Å²) in [7, 11) is 0. The Morgan fingerprint density at radius 3 is 2.90 bits per heavy atom. The third kappa shape index (κ3) is 3.17. The monoisotopic (exact) mass is 342 g/mol. The van der Waals surface area contributed by atoms with Crippen molar-refractivity contribution in [1.29, 1.82) is 0 Å². The zero-order chi connectivity index (χ0) is 14.7. The molecule has 0 spiro atoms. The van der Waals surface area contributed by atoms with Gasteiger partial charge < -0.3 is 10.2 Å². The van der Waals surface area contributed by atoms with Crippen LogP contribution < -0.4 is 5.32 Å². The number of benzene rings is 1. The fraction of sp³-hybridized carbons (Fsp3) is 0.429. The van der Waals surface area contributed by atoms with E-state index < -0.39 is 6.04 Å². The molecule has 2 rings (SSSR count). The van der Waals surface area contributed by atoms with Gasteiger partial charge in [0.05, 0.1) is 11.0 Å². The topological polar surface area (TPSA) is 49.4 Å². The SMILES string of the molecule is CCCC1NC(=O)CN(Cc2cccc(F)c2Br)C1=O. The van der Waals surface area contributed by atoms with Crippen LogP contribution in [-0.2, 0) is 16.1 Å². The van der Waals surface area contributed by atoms with Crippen LogP contribution in [0, 0.1) is 5.82 Å². The van der Waals surface area contributed by atoms with Gasteiger partial charge in [-0.05, 0) is 34.0 Å². The van der Waals surface area contributed by atoms with Crippen LogP contribution in [0.1, 0.15) is 25.3 Å². The third-order valence-electron chi connectivity index (χ3n) is 3.25. The van der Waals surface area contributed by atoms with Crippen LogP contribution in [0.3, 0.4) is 0 Å². The zero-order valence-corrected chi connectivity index (χ0v) is 12.7. The predicted octanol–water partition coefficient (Wildman–Crippen LogP) is 2.22. The molecule has 1 aromatic carbocycles. The summed E-state index contributed by atoms with van der Waals surface area (Å²) in [5.74, 6) is -0.653. The number of nitrogens with zero attached hydrogens (tertiary/aromatic N) is 1. The van der Waals surface area contributed by atoms with Crippen molar-refractivity contribution >= 4 is 27.7 Å². The second-order valence-corrected chi connectivity index (χ2v) is 5.61. The Morgan fingerprint density at radius 1 is 1.45 bits per heavy atom. The second kappa shape index (κ2) is 6.35. The minimum absolute atomic E-state index is 0.0159. The average Bonchev–Trinajstić information content (AvgIpc) is 2.40. The van der Waals surface area contributed by atoms with Gasteiger partial charge in [-0.3, -0.25) is 9.59 Å². The lowest BCUT2D eigenvalue weighted by Gasteiger charge is -2.32. The maximum absolute atomic E-state index is 13.5. The summed E-state index contributed by atoms with van der Waals surface area (Å²) < 4.78 is 13.8. The molecule has 0 radical (unpaired) electrons. The van der Waals surface area contributed by atoms with Gasteiger partial charge in [0.2, 0.25) is 11.8 Å². The highest BCUT2D eigenvalue weighted by Crippen LogP contribution is 2.22. The fourth-order valence-electron chi connectivity index (χ4n) is 2.27. The first-order valence-corrected chi connectivity index (χ1v) is 7.33. The number of rotatable bonds is 4. The molecule has 108 valence electrons. The molecule has 2 amide bonds. The van der Waals surface area contributed by atoms with E-state index >= 15 is 0 Å². The van der Waals surface area contributed by atoms with Crippen molar-refractivity contribution in [2.24, 2.45) is 0 Å². The Hall–Kier alpha value is -1.43. The average molecular weight is 343 g/mol. The largest absolute Gasteiger partial charge is 0.343 e. The molecule has 6 heteroatoms. The van der Waals surface area contributed by atoms with Gasteiger partial charge in [-0.25, -0.2) is 4.39 Å². The highest BCUT2D eigenvalue weighted by atomic mass is 79.9. The van der Waals surface area contributed by atoms with Crippen molar-refractivity contribution in [1.82, 2.24) is 10.2 Å². The first-order valence-electron chi connectivity index (χ1n) is 6.54. The molecule has 1 fully saturated rings. The molecule has 1 N–H and O–H groups in total. The molecular formula is C14H16BrFN2O2. The molecule has 0 aliphatic carbocycles. The van der Waals surface area contributed by atoms with Crippen LogP contribution in [0.5, 0.6) is 0 Å². The summed E-state index contributed by atoms with van der Waals surface area (Å²) in [6, 6.07) is 4.21. The number of carbonyl (C=O) groups excluding carboxylic acids is 2. The maximum Gasteiger partial charge on any atom is 0.245 e. The van der Waals surface area contributed by atoms with Gasteiger partial charge in [0.15, 0.2) is 0 Å². The van der Waals surface area contributed by atoms with Crippen LogP contribution in [-0.4, -0.2) is 29.3 Å². The van der Waals surface area contributed by atoms with E-state index in [1.165, 1.54) is 11.0 Å². The number of amides is 2. The second-order valence-electron chi connectivity index (χ2n) is 4.82. The Balaban J connectivity index is 2.17. The molecule has 1 unspecified atom stereocenters. The predicted molar refractivity (Wildman–Crippen MR) is 76.4 cm³/mol. The molecule has 0 aromatic heterocycles. The minimum atomic E-state index is -0.464. The molecule has 0 bridgehead atoms. The van der Waals surface area contributed by atoms with E-state index in [1.807, 2.05) is 6.92 Å². The normalized spacial score (nSPS) is 19.1. The lowest BCUT2D eigenvalue weighted by atomic mass is 10.1. The van der Waals surface area contributed by atoms with Gasteiger partial charge in [0.25, 0.3) is 0 Å². The molecule has 1 aliphatic rings. The van der Waals surface area contributed by atoms with Crippen molar-refractivity contribution in [3.8, 4) is 0 Å². The fourth-order valence-corrected chi connectivity index (χ4v) is 2.66. The van der Waals surface area contributed by atoms with Crippen LogP contribution in [0.4, 0.5) is 4.39 Å². The standard InChI is InChI=1S/C14H16BrFN2O2/c1-2-4-11-14(20)18(8-12(19)17-11)7-9-5-3-6-10(16)13(9)15/h3,5-6,11H,2,4,7-8H2,1H3,(H,17,19). The third-order valence-corrected chi connectivity index (χ3v) is 4.14. The van der Waals surface area contributed by atoms with Crippen LogP contribution in [0.25, 0.3) is 0 Å². The van der Waals surface area contributed by atoms with E-state index in [4.69, 9.17) is 0 Å². The zero-order valence-electron chi connectivity index (χ0n) is 11.2. The Bertz CT molecular complexity index is 536. The van der Waals surface area contributed by atoms with Gasteiger partial charge in [-0.15, -0.1) is 0 Å². The molecule has 1 aliphatic heterocycles. The molecule has 20 heavy (non-hydrogen) atoms. The molecule has 1 atom stereocenters. The first kappa shape index (κ1) is 15.0. The summed E-state index contributed by atoms with van der Waals surface area (Å²) in [5.41, 5.74) is 0.656. The Kier molecular flexibility index (Phi) is 4.75. The summed E-state index contributed by atoms with van der Waals surface area (Å²) in [6.07, 6.45) is 1.43. The van der Waals surface area contributed by atoms with Gasteiger partial charge in [-0.1, -0.05) is 25.5 Å². The molecule has 1 heterocycles. The van der Waals surface area contributed by atoms with Crippen LogP contribution in [0.15, 0.2) is 22.7 Å². The molecule has 4 nitrogen and oxygen atoms in total. The number of carbonyl (C=O) groups is 2. The summed E-state index contributed by atoms with van der Waals surface area (Å²) in [5, 5.41) is 2.69. The van der Waals surface area contributed by atoms with E-state index in [-0.39, 0.29) is 30.7 Å². The number of nitrogens with one attached hydrogen (secondary N) is 1. The lowest BCUT2D eigenvalue weighted by Crippen LogP contribution is -2.57. The smallest absolute Gasteiger partial charge is 0.245 e. The van der Waals surface area contributed by atoms with Crippen molar-refractivity contribution in [3.05, 3.63) is 34.1 Å². The lowest BCUT2D eigenvalue weighted by molar-refractivity contribution is -0.145. The Morgan fingerprint density at radius 2 is 2.20 bits per heavy atom. The highest BCUT2D eigenvalue weighted by molar-refractivity contribution is 9.10.